The van der Waals surface area contributed by atoms with Gasteiger partial charge in [0.15, 0.2) is 17.5 Å². The second-order valence-electron chi connectivity index (χ2n) is 12.7. The Morgan fingerprint density at radius 2 is 0.667 bits per heavy atom. The van der Waals surface area contributed by atoms with Crippen LogP contribution in [0.15, 0.2) is 176 Å². The molecule has 54 heavy (non-hydrogen) atoms. The molecule has 0 fully saturated rings. The van der Waals surface area contributed by atoms with Crippen molar-refractivity contribution in [1.29, 1.82) is 0 Å². The van der Waals surface area contributed by atoms with Crippen LogP contribution in [-0.4, -0.2) is 43.7 Å². The van der Waals surface area contributed by atoms with Gasteiger partial charge in [-0.25, -0.2) is 34.9 Å². The van der Waals surface area contributed by atoms with Gasteiger partial charge in [-0.3, -0.25) is 8.80 Å². The smallest absolute Gasteiger partial charge is 0.182 e. The molecule has 10 rings (SSSR count). The fourth-order valence-corrected chi connectivity index (χ4v) is 6.80. The summed E-state index contributed by atoms with van der Waals surface area (Å²) in [5, 5.41) is 0. The maximum atomic E-state index is 5.14. The van der Waals surface area contributed by atoms with E-state index >= 15 is 0 Å². The molecule has 0 radical (unpaired) electrons. The third-order valence-electron chi connectivity index (χ3n) is 9.26. The lowest BCUT2D eigenvalue weighted by atomic mass is 10.1. The zero-order valence-corrected chi connectivity index (χ0v) is 28.8. The Labute approximate surface area is 310 Å². The van der Waals surface area contributed by atoms with Crippen LogP contribution in [0.3, 0.4) is 0 Å². The average molecular weight is 696 g/mol. The Bertz CT molecular complexity index is 2760. The van der Waals surface area contributed by atoms with Crippen molar-refractivity contribution in [3.05, 3.63) is 176 Å². The molecule has 0 aliphatic heterocycles. The molecule has 254 valence electrons. The summed E-state index contributed by atoms with van der Waals surface area (Å²) < 4.78 is 4.19. The quantitative estimate of drug-likeness (QED) is 0.164. The molecule has 0 aliphatic rings. The number of hydrogen-bond donors (Lipinski definition) is 0. The van der Waals surface area contributed by atoms with Gasteiger partial charge in [0.25, 0.3) is 0 Å². The molecule has 0 aliphatic carbocycles. The first kappa shape index (κ1) is 31.1. The van der Waals surface area contributed by atoms with Crippen LogP contribution in [0.4, 0.5) is 0 Å². The van der Waals surface area contributed by atoms with Gasteiger partial charge in [-0.1, -0.05) is 115 Å². The molecule has 0 saturated heterocycles. The van der Waals surface area contributed by atoms with E-state index in [2.05, 4.69) is 33.1 Å². The minimum absolute atomic E-state index is 0.427. The highest BCUT2D eigenvalue weighted by Gasteiger charge is 2.21. The molecule has 9 heteroatoms. The topological polar surface area (TPSA) is 99.0 Å². The lowest BCUT2D eigenvalue weighted by molar-refractivity contribution is 1.05. The molecule has 0 saturated carbocycles. The molecule has 10 aromatic rings. The number of nitrogens with zero attached hydrogens (tertiary/aromatic N) is 9. The maximum Gasteiger partial charge on any atom is 0.182 e. The number of imidazole rings is 2. The first-order valence-corrected chi connectivity index (χ1v) is 17.6. The molecule has 0 bridgehead atoms. The Morgan fingerprint density at radius 1 is 0.278 bits per heavy atom. The summed E-state index contributed by atoms with van der Waals surface area (Å²) in [4.78, 5) is 35.3. The van der Waals surface area contributed by atoms with Crippen LogP contribution in [0, 0.1) is 0 Å². The zero-order valence-electron chi connectivity index (χ0n) is 28.8. The maximum absolute atomic E-state index is 5.14. The van der Waals surface area contributed by atoms with Crippen LogP contribution >= 0.6 is 0 Å². The highest BCUT2D eigenvalue weighted by atomic mass is 15.1. The number of aromatic nitrogens is 9. The summed E-state index contributed by atoms with van der Waals surface area (Å²) in [5.41, 5.74) is 10.6. The third-order valence-corrected chi connectivity index (χ3v) is 9.26. The van der Waals surface area contributed by atoms with E-state index < -0.39 is 0 Å². The predicted molar refractivity (Wildman–Crippen MR) is 211 cm³/mol. The Morgan fingerprint density at radius 3 is 1.13 bits per heavy atom. The van der Waals surface area contributed by atoms with Gasteiger partial charge < -0.3 is 0 Å². The van der Waals surface area contributed by atoms with Crippen LogP contribution in [0.1, 0.15) is 0 Å². The van der Waals surface area contributed by atoms with Crippen molar-refractivity contribution in [2.75, 3.05) is 0 Å². The van der Waals surface area contributed by atoms with E-state index in [-0.39, 0.29) is 0 Å². The lowest BCUT2D eigenvalue weighted by Gasteiger charge is -2.10. The minimum atomic E-state index is 0.427. The monoisotopic (exact) mass is 695 g/mol. The molecule has 0 spiro atoms. The van der Waals surface area contributed by atoms with E-state index in [0.29, 0.717) is 40.2 Å². The van der Waals surface area contributed by atoms with Crippen molar-refractivity contribution < 1.29 is 0 Å². The van der Waals surface area contributed by atoms with Gasteiger partial charge in [0.1, 0.15) is 34.1 Å². The van der Waals surface area contributed by atoms with Crippen LogP contribution in [0.25, 0.3) is 91.0 Å². The van der Waals surface area contributed by atoms with E-state index in [4.69, 9.17) is 34.9 Å². The van der Waals surface area contributed by atoms with Crippen molar-refractivity contribution in [2.45, 2.75) is 0 Å². The molecular formula is C45H29N9. The summed E-state index contributed by atoms with van der Waals surface area (Å²) >= 11 is 0. The molecule has 0 N–H and O–H groups in total. The molecule has 0 unspecified atom stereocenters. The average Bonchev–Trinajstić information content (AvgIpc) is 3.84. The number of hydrogen-bond acceptors (Lipinski definition) is 7. The number of pyridine rings is 4. The van der Waals surface area contributed by atoms with Gasteiger partial charge in [-0.05, 0) is 48.5 Å². The molecule has 3 aromatic carbocycles. The van der Waals surface area contributed by atoms with E-state index in [1.807, 2.05) is 152 Å². The number of rotatable bonds is 7. The van der Waals surface area contributed by atoms with Gasteiger partial charge in [-0.15, -0.1) is 0 Å². The van der Waals surface area contributed by atoms with Crippen molar-refractivity contribution in [3.63, 3.8) is 0 Å². The molecule has 0 atom stereocenters. The van der Waals surface area contributed by atoms with Gasteiger partial charge in [0.2, 0.25) is 0 Å². The van der Waals surface area contributed by atoms with Crippen molar-refractivity contribution >= 4 is 11.3 Å². The van der Waals surface area contributed by atoms with E-state index in [0.717, 1.165) is 50.8 Å². The molecule has 7 aromatic heterocycles. The summed E-state index contributed by atoms with van der Waals surface area (Å²) in [7, 11) is 0. The highest BCUT2D eigenvalue weighted by Crippen LogP contribution is 2.35. The van der Waals surface area contributed by atoms with Gasteiger partial charge >= 0.3 is 0 Å². The zero-order chi connectivity index (χ0) is 35.8. The second kappa shape index (κ2) is 13.2. The van der Waals surface area contributed by atoms with E-state index in [1.54, 1.807) is 0 Å². The van der Waals surface area contributed by atoms with Crippen molar-refractivity contribution in [3.8, 4) is 79.7 Å². The molecule has 0 amide bonds. The van der Waals surface area contributed by atoms with Crippen LogP contribution in [0.2, 0.25) is 0 Å². The molecular weight excluding hydrogens is 667 g/mol. The van der Waals surface area contributed by atoms with Crippen LogP contribution in [-0.2, 0) is 0 Å². The minimum Gasteiger partial charge on any atom is -0.299 e. The fourth-order valence-electron chi connectivity index (χ4n) is 6.80. The van der Waals surface area contributed by atoms with Crippen LogP contribution in [0.5, 0.6) is 0 Å². The predicted octanol–water partition coefficient (Wildman–Crippen LogP) is 9.63. The van der Waals surface area contributed by atoms with Gasteiger partial charge in [0, 0.05) is 29.1 Å². The Kier molecular flexibility index (Phi) is 7.58. The standard InChI is InChI=1S/C45H29N9/c1-4-16-30(17-5-1)41-39(48-37-26-10-12-28-53(37)41)33-22-14-24-35(46-33)44-50-43(32-20-8-3-9-21-32)51-45(52-44)36-25-15-23-34(47-36)40-42(31-18-6-2-7-19-31)54-29-13-11-27-38(54)49-40/h1-29H. The summed E-state index contributed by atoms with van der Waals surface area (Å²) in [5.74, 6) is 1.37. The van der Waals surface area contributed by atoms with E-state index in [9.17, 15) is 0 Å². The Hall–Kier alpha value is -7.65. The second-order valence-corrected chi connectivity index (χ2v) is 12.7. The first-order chi connectivity index (χ1) is 26.8. The SMILES string of the molecule is c1ccc(-c2nc(-c3cccc(-c4nc5ccccn5c4-c4ccccc4)n3)nc(-c3cccc(-c4nc5ccccn5c4-c4ccccc4)n3)n2)cc1. The third kappa shape index (κ3) is 5.57. The van der Waals surface area contributed by atoms with Gasteiger partial charge in [0.05, 0.1) is 22.8 Å². The summed E-state index contributed by atoms with van der Waals surface area (Å²) in [6.45, 7) is 0. The summed E-state index contributed by atoms with van der Waals surface area (Å²) in [6.07, 6.45) is 4.05. The normalized spacial score (nSPS) is 11.3. The largest absolute Gasteiger partial charge is 0.299 e. The fraction of sp³-hybridized carbons (Fsp3) is 0. The van der Waals surface area contributed by atoms with Crippen molar-refractivity contribution in [1.82, 2.24) is 43.7 Å². The van der Waals surface area contributed by atoms with Gasteiger partial charge in [-0.2, -0.15) is 0 Å². The molecule has 9 nitrogen and oxygen atoms in total. The number of fused-ring (bicyclic) bond motifs is 2. The Balaban J connectivity index is 1.12. The number of benzene rings is 3. The van der Waals surface area contributed by atoms with Crippen molar-refractivity contribution in [2.24, 2.45) is 0 Å². The highest BCUT2D eigenvalue weighted by molar-refractivity contribution is 5.82. The van der Waals surface area contributed by atoms with Crippen LogP contribution < -0.4 is 0 Å². The lowest BCUT2D eigenvalue weighted by Crippen LogP contribution is -2.03. The first-order valence-electron chi connectivity index (χ1n) is 17.6. The van der Waals surface area contributed by atoms with E-state index in [1.165, 1.54) is 0 Å². The summed E-state index contributed by atoms with van der Waals surface area (Å²) in [6, 6.07) is 54.1. The molecule has 7 heterocycles.